The Balaban J connectivity index is 0.00000180. The van der Waals surface area contributed by atoms with E-state index >= 15 is 0 Å². The first-order chi connectivity index (χ1) is 8.69. The summed E-state index contributed by atoms with van der Waals surface area (Å²) < 4.78 is 5.23. The molecule has 0 aliphatic carbocycles. The standard InChI is InChI=1S/C15H14N2O.ClH/c1-11-4-6-13(10-16-11)7-8-14-15(18-3)9-5-12(2)17-14;/h4-6,9-10H,1-3H3;1H. The van der Waals surface area contributed by atoms with E-state index in [-0.39, 0.29) is 12.4 Å². The number of nitrogens with zero attached hydrogens (tertiary/aromatic N) is 2. The van der Waals surface area contributed by atoms with Crippen LogP contribution in [0.25, 0.3) is 0 Å². The lowest BCUT2D eigenvalue weighted by Gasteiger charge is -2.02. The van der Waals surface area contributed by atoms with Gasteiger partial charge in [0.15, 0.2) is 11.4 Å². The second kappa shape index (κ2) is 6.77. The summed E-state index contributed by atoms with van der Waals surface area (Å²) in [5, 5.41) is 0. The molecule has 0 N–H and O–H groups in total. The van der Waals surface area contributed by atoms with Crippen LogP contribution in [0.5, 0.6) is 5.75 Å². The zero-order valence-corrected chi connectivity index (χ0v) is 11.9. The Labute approximate surface area is 119 Å². The van der Waals surface area contributed by atoms with Crippen molar-refractivity contribution in [3.05, 3.63) is 53.1 Å². The second-order valence-corrected chi connectivity index (χ2v) is 3.94. The van der Waals surface area contributed by atoms with Gasteiger partial charge in [-0.15, -0.1) is 12.4 Å². The van der Waals surface area contributed by atoms with Crippen molar-refractivity contribution in [2.75, 3.05) is 7.11 Å². The molecule has 0 aliphatic heterocycles. The zero-order chi connectivity index (χ0) is 13.0. The third kappa shape index (κ3) is 3.97. The number of hydrogen-bond acceptors (Lipinski definition) is 3. The first-order valence-electron chi connectivity index (χ1n) is 5.65. The van der Waals surface area contributed by atoms with E-state index < -0.39 is 0 Å². The van der Waals surface area contributed by atoms with Crippen molar-refractivity contribution in [1.29, 1.82) is 0 Å². The Morgan fingerprint density at radius 2 is 1.74 bits per heavy atom. The summed E-state index contributed by atoms with van der Waals surface area (Å²) in [7, 11) is 1.62. The fraction of sp³-hybridized carbons (Fsp3) is 0.200. The lowest BCUT2D eigenvalue weighted by molar-refractivity contribution is 0.411. The zero-order valence-electron chi connectivity index (χ0n) is 11.1. The van der Waals surface area contributed by atoms with Crippen molar-refractivity contribution in [3.8, 4) is 17.6 Å². The molecular weight excluding hydrogens is 260 g/mol. The minimum atomic E-state index is 0. The van der Waals surface area contributed by atoms with Crippen molar-refractivity contribution >= 4 is 12.4 Å². The van der Waals surface area contributed by atoms with Gasteiger partial charge >= 0.3 is 0 Å². The van der Waals surface area contributed by atoms with Crippen LogP contribution in [0.3, 0.4) is 0 Å². The summed E-state index contributed by atoms with van der Waals surface area (Å²) in [6.07, 6.45) is 1.75. The highest BCUT2D eigenvalue weighted by Gasteiger charge is 2.01. The van der Waals surface area contributed by atoms with Crippen LogP contribution in [0, 0.1) is 25.7 Å². The van der Waals surface area contributed by atoms with Crippen LogP contribution < -0.4 is 4.74 Å². The molecule has 0 aromatic carbocycles. The molecular formula is C15H15ClN2O. The van der Waals surface area contributed by atoms with Crippen molar-refractivity contribution < 1.29 is 4.74 Å². The lowest BCUT2D eigenvalue weighted by atomic mass is 10.2. The summed E-state index contributed by atoms with van der Waals surface area (Å²) in [4.78, 5) is 8.55. The van der Waals surface area contributed by atoms with Gasteiger partial charge < -0.3 is 4.74 Å². The van der Waals surface area contributed by atoms with E-state index in [0.29, 0.717) is 11.4 Å². The van der Waals surface area contributed by atoms with E-state index in [9.17, 15) is 0 Å². The number of rotatable bonds is 1. The molecule has 0 saturated heterocycles. The van der Waals surface area contributed by atoms with E-state index in [1.165, 1.54) is 0 Å². The van der Waals surface area contributed by atoms with Gasteiger partial charge in [-0.2, -0.15) is 0 Å². The summed E-state index contributed by atoms with van der Waals surface area (Å²) in [6, 6.07) is 7.65. The van der Waals surface area contributed by atoms with Gasteiger partial charge in [0.1, 0.15) is 0 Å². The normalized spacial score (nSPS) is 9.00. The fourth-order valence-corrected chi connectivity index (χ4v) is 1.47. The third-order valence-electron chi connectivity index (χ3n) is 2.45. The molecule has 0 aliphatic rings. The Morgan fingerprint density at radius 1 is 1.00 bits per heavy atom. The van der Waals surface area contributed by atoms with Crippen LogP contribution in [0.4, 0.5) is 0 Å². The number of halogens is 1. The van der Waals surface area contributed by atoms with Gasteiger partial charge in [0.25, 0.3) is 0 Å². The van der Waals surface area contributed by atoms with Crippen LogP contribution in [0.1, 0.15) is 22.6 Å². The fourth-order valence-electron chi connectivity index (χ4n) is 1.47. The Bertz CT molecular complexity index is 612. The van der Waals surface area contributed by atoms with Crippen molar-refractivity contribution in [2.24, 2.45) is 0 Å². The minimum absolute atomic E-state index is 0. The smallest absolute Gasteiger partial charge is 0.155 e. The highest BCUT2D eigenvalue weighted by Crippen LogP contribution is 2.15. The molecule has 2 aromatic rings. The highest BCUT2D eigenvalue weighted by molar-refractivity contribution is 5.85. The predicted octanol–water partition coefficient (Wildman–Crippen LogP) is 2.92. The molecule has 0 atom stereocenters. The van der Waals surface area contributed by atoms with Crippen molar-refractivity contribution in [3.63, 3.8) is 0 Å². The topological polar surface area (TPSA) is 35.0 Å². The summed E-state index contributed by atoms with van der Waals surface area (Å²) in [5.41, 5.74) is 3.41. The highest BCUT2D eigenvalue weighted by atomic mass is 35.5. The van der Waals surface area contributed by atoms with Gasteiger partial charge in [0.05, 0.1) is 7.11 Å². The Kier molecular flexibility index (Phi) is 5.35. The molecule has 0 spiro atoms. The molecule has 4 heteroatoms. The van der Waals surface area contributed by atoms with Crippen LogP contribution in [-0.4, -0.2) is 17.1 Å². The minimum Gasteiger partial charge on any atom is -0.494 e. The van der Waals surface area contributed by atoms with Gasteiger partial charge in [0, 0.05) is 23.1 Å². The van der Waals surface area contributed by atoms with Gasteiger partial charge in [-0.25, -0.2) is 4.98 Å². The van der Waals surface area contributed by atoms with E-state index in [1.54, 1.807) is 13.3 Å². The monoisotopic (exact) mass is 274 g/mol. The summed E-state index contributed by atoms with van der Waals surface area (Å²) >= 11 is 0. The molecule has 0 amide bonds. The SMILES string of the molecule is COc1ccc(C)nc1C#Cc1ccc(C)nc1.Cl. The third-order valence-corrected chi connectivity index (χ3v) is 2.45. The number of pyridine rings is 2. The molecule has 98 valence electrons. The Morgan fingerprint density at radius 3 is 2.37 bits per heavy atom. The average Bonchev–Trinajstić information content (AvgIpc) is 2.38. The number of methoxy groups -OCH3 is 1. The summed E-state index contributed by atoms with van der Waals surface area (Å²) in [5.74, 6) is 6.74. The van der Waals surface area contributed by atoms with Crippen molar-refractivity contribution in [1.82, 2.24) is 9.97 Å². The number of hydrogen-bond donors (Lipinski definition) is 0. The maximum Gasteiger partial charge on any atom is 0.155 e. The average molecular weight is 275 g/mol. The lowest BCUT2D eigenvalue weighted by Crippen LogP contribution is -1.93. The molecule has 0 bridgehead atoms. The summed E-state index contributed by atoms with van der Waals surface area (Å²) in [6.45, 7) is 3.88. The van der Waals surface area contributed by atoms with Crippen LogP contribution in [0.2, 0.25) is 0 Å². The van der Waals surface area contributed by atoms with Gasteiger partial charge in [-0.3, -0.25) is 4.98 Å². The van der Waals surface area contributed by atoms with Gasteiger partial charge in [0.2, 0.25) is 0 Å². The predicted molar refractivity (Wildman–Crippen MR) is 77.7 cm³/mol. The Hall–Kier alpha value is -2.05. The van der Waals surface area contributed by atoms with Crippen molar-refractivity contribution in [2.45, 2.75) is 13.8 Å². The van der Waals surface area contributed by atoms with Crippen LogP contribution in [0.15, 0.2) is 30.5 Å². The van der Waals surface area contributed by atoms with E-state index in [4.69, 9.17) is 4.74 Å². The first kappa shape index (κ1) is 15.0. The van der Waals surface area contributed by atoms with Crippen LogP contribution >= 0.6 is 12.4 Å². The van der Waals surface area contributed by atoms with E-state index in [0.717, 1.165) is 17.0 Å². The van der Waals surface area contributed by atoms with Gasteiger partial charge in [-0.05, 0) is 44.0 Å². The number of aryl methyl sites for hydroxylation is 2. The first-order valence-corrected chi connectivity index (χ1v) is 5.65. The molecule has 0 radical (unpaired) electrons. The number of ether oxygens (including phenoxy) is 1. The molecule has 2 aromatic heterocycles. The maximum absolute atomic E-state index is 5.23. The molecule has 3 nitrogen and oxygen atoms in total. The largest absolute Gasteiger partial charge is 0.494 e. The molecule has 0 unspecified atom stereocenters. The van der Waals surface area contributed by atoms with Gasteiger partial charge in [-0.1, -0.05) is 5.92 Å². The van der Waals surface area contributed by atoms with Crippen LogP contribution in [-0.2, 0) is 0 Å². The molecule has 0 fully saturated rings. The molecule has 19 heavy (non-hydrogen) atoms. The van der Waals surface area contributed by atoms with E-state index in [2.05, 4.69) is 21.8 Å². The molecule has 2 heterocycles. The second-order valence-electron chi connectivity index (χ2n) is 3.94. The van der Waals surface area contributed by atoms with E-state index in [1.807, 2.05) is 38.1 Å². The quantitative estimate of drug-likeness (QED) is 0.750. The molecule has 0 saturated carbocycles. The maximum atomic E-state index is 5.23. The number of aromatic nitrogens is 2. The molecule has 2 rings (SSSR count).